The van der Waals surface area contributed by atoms with E-state index in [0.717, 1.165) is 31.1 Å². The summed E-state index contributed by atoms with van der Waals surface area (Å²) in [4.78, 5) is 4.49. The van der Waals surface area contributed by atoms with Gasteiger partial charge in [-0.25, -0.2) is 4.98 Å². The van der Waals surface area contributed by atoms with Crippen molar-refractivity contribution in [3.05, 3.63) is 17.8 Å². The van der Waals surface area contributed by atoms with E-state index < -0.39 is 0 Å². The Hall–Kier alpha value is -1.23. The summed E-state index contributed by atoms with van der Waals surface area (Å²) in [5.41, 5.74) is 0.867. The highest BCUT2D eigenvalue weighted by Crippen LogP contribution is 2.25. The molecule has 0 aromatic carbocycles. The largest absolute Gasteiger partial charge is 0.448 e. The number of hydrogen-bond donors (Lipinski definition) is 1. The number of piperidine rings is 1. The number of oxazole rings is 1. The molecule has 16 heavy (non-hydrogen) atoms. The Bertz CT molecular complexity index is 355. The minimum Gasteiger partial charge on any atom is -0.448 e. The van der Waals surface area contributed by atoms with Gasteiger partial charge in [-0.2, -0.15) is 10.2 Å². The predicted molar refractivity (Wildman–Crippen MR) is 60.5 cm³/mol. The van der Waals surface area contributed by atoms with Gasteiger partial charge in [0.1, 0.15) is 18.0 Å². The molecule has 5 nitrogen and oxygen atoms in total. The fourth-order valence-electron chi connectivity index (χ4n) is 1.98. The highest BCUT2D eigenvalue weighted by Gasteiger charge is 2.21. The van der Waals surface area contributed by atoms with Crippen LogP contribution < -0.4 is 5.32 Å². The van der Waals surface area contributed by atoms with Gasteiger partial charge in [0.05, 0.1) is 0 Å². The van der Waals surface area contributed by atoms with Crippen LogP contribution in [0, 0.1) is 0 Å². The Balaban J connectivity index is 2.06. The fraction of sp³-hybridized carbons (Fsp3) is 0.727. The minimum absolute atomic E-state index is 0.0148. The second-order valence-electron chi connectivity index (χ2n) is 4.15. The van der Waals surface area contributed by atoms with Gasteiger partial charge in [-0.15, -0.1) is 0 Å². The van der Waals surface area contributed by atoms with Gasteiger partial charge in [0, 0.05) is 19.5 Å². The topological polar surface area (TPSA) is 62.8 Å². The third-order valence-electron chi connectivity index (χ3n) is 2.90. The SMILES string of the molecule is CN=NC(C)c1coc(C2CCCNC2)n1. The number of aromatic nitrogens is 1. The van der Waals surface area contributed by atoms with Gasteiger partial charge in [0.2, 0.25) is 0 Å². The highest BCUT2D eigenvalue weighted by molar-refractivity contribution is 5.05. The monoisotopic (exact) mass is 222 g/mol. The number of nitrogens with one attached hydrogen (secondary N) is 1. The lowest BCUT2D eigenvalue weighted by atomic mass is 10.00. The van der Waals surface area contributed by atoms with Gasteiger partial charge >= 0.3 is 0 Å². The average Bonchev–Trinajstić information content (AvgIpc) is 2.80. The number of azo groups is 1. The minimum atomic E-state index is -0.0148. The van der Waals surface area contributed by atoms with Crippen molar-refractivity contribution >= 4 is 0 Å². The van der Waals surface area contributed by atoms with E-state index in [1.807, 2.05) is 6.92 Å². The standard InChI is InChI=1S/C11H18N4O/c1-8(15-12-2)10-7-16-11(14-10)9-4-3-5-13-6-9/h7-9,13H,3-6H2,1-2H3. The summed E-state index contributed by atoms with van der Waals surface area (Å²) < 4.78 is 5.52. The van der Waals surface area contributed by atoms with E-state index in [1.54, 1.807) is 13.3 Å². The van der Waals surface area contributed by atoms with Crippen LogP contribution in [0.5, 0.6) is 0 Å². The third kappa shape index (κ3) is 2.47. The van der Waals surface area contributed by atoms with Crippen LogP contribution in [-0.2, 0) is 0 Å². The van der Waals surface area contributed by atoms with Crippen LogP contribution in [0.3, 0.4) is 0 Å². The van der Waals surface area contributed by atoms with Crippen molar-refractivity contribution in [2.45, 2.75) is 31.7 Å². The summed E-state index contributed by atoms with van der Waals surface area (Å²) in [6.45, 7) is 4.03. The van der Waals surface area contributed by atoms with Crippen LogP contribution in [0.15, 0.2) is 20.9 Å². The molecule has 1 fully saturated rings. The van der Waals surface area contributed by atoms with E-state index in [2.05, 4.69) is 20.5 Å². The molecule has 0 aliphatic carbocycles. The van der Waals surface area contributed by atoms with Crippen molar-refractivity contribution in [1.29, 1.82) is 0 Å². The van der Waals surface area contributed by atoms with Crippen LogP contribution in [0.1, 0.15) is 43.3 Å². The first-order valence-electron chi connectivity index (χ1n) is 5.76. The first kappa shape index (κ1) is 11.3. The summed E-state index contributed by atoms with van der Waals surface area (Å²) in [6, 6.07) is -0.0148. The highest BCUT2D eigenvalue weighted by atomic mass is 16.3. The molecule has 0 amide bonds. The molecule has 2 atom stereocenters. The Morgan fingerprint density at radius 3 is 3.19 bits per heavy atom. The molecule has 2 heterocycles. The lowest BCUT2D eigenvalue weighted by Crippen LogP contribution is -2.28. The van der Waals surface area contributed by atoms with E-state index in [4.69, 9.17) is 4.42 Å². The maximum Gasteiger partial charge on any atom is 0.198 e. The molecule has 1 aromatic heterocycles. The Kier molecular flexibility index (Phi) is 3.66. The van der Waals surface area contributed by atoms with Crippen molar-refractivity contribution < 1.29 is 4.42 Å². The first-order chi connectivity index (χ1) is 7.81. The summed E-state index contributed by atoms with van der Waals surface area (Å²) in [5.74, 6) is 1.24. The van der Waals surface area contributed by atoms with Gasteiger partial charge in [0.15, 0.2) is 5.89 Å². The second-order valence-corrected chi connectivity index (χ2v) is 4.15. The van der Waals surface area contributed by atoms with E-state index in [9.17, 15) is 0 Å². The molecule has 0 radical (unpaired) electrons. The van der Waals surface area contributed by atoms with Crippen LogP contribution in [0.4, 0.5) is 0 Å². The normalized spacial score (nSPS) is 23.8. The van der Waals surface area contributed by atoms with E-state index >= 15 is 0 Å². The Labute approximate surface area is 95.4 Å². The lowest BCUT2D eigenvalue weighted by molar-refractivity contribution is 0.376. The Morgan fingerprint density at radius 1 is 1.62 bits per heavy atom. The molecule has 2 rings (SSSR count). The zero-order valence-electron chi connectivity index (χ0n) is 9.81. The van der Waals surface area contributed by atoms with Crippen molar-refractivity contribution in [3.63, 3.8) is 0 Å². The zero-order chi connectivity index (χ0) is 11.4. The molecule has 1 N–H and O–H groups in total. The summed E-state index contributed by atoms with van der Waals surface area (Å²) in [6.07, 6.45) is 4.03. The molecule has 0 bridgehead atoms. The molecular formula is C11H18N4O. The van der Waals surface area contributed by atoms with E-state index in [0.29, 0.717) is 5.92 Å². The van der Waals surface area contributed by atoms with Gasteiger partial charge < -0.3 is 9.73 Å². The summed E-state index contributed by atoms with van der Waals surface area (Å²) >= 11 is 0. The van der Waals surface area contributed by atoms with Gasteiger partial charge in [-0.05, 0) is 26.3 Å². The summed E-state index contributed by atoms with van der Waals surface area (Å²) in [7, 11) is 1.67. The number of nitrogens with zero attached hydrogens (tertiary/aromatic N) is 3. The second kappa shape index (κ2) is 5.21. The van der Waals surface area contributed by atoms with Crippen LogP contribution in [0.2, 0.25) is 0 Å². The van der Waals surface area contributed by atoms with Crippen LogP contribution >= 0.6 is 0 Å². The molecule has 5 heteroatoms. The molecule has 1 saturated heterocycles. The number of hydrogen-bond acceptors (Lipinski definition) is 5. The Morgan fingerprint density at radius 2 is 2.50 bits per heavy atom. The zero-order valence-corrected chi connectivity index (χ0v) is 9.81. The van der Waals surface area contributed by atoms with Crippen LogP contribution in [-0.4, -0.2) is 25.1 Å². The molecule has 0 saturated carbocycles. The molecular weight excluding hydrogens is 204 g/mol. The molecule has 1 aliphatic rings. The predicted octanol–water partition coefficient (Wildman–Crippen LogP) is 2.28. The van der Waals surface area contributed by atoms with E-state index in [-0.39, 0.29) is 6.04 Å². The molecule has 1 aliphatic heterocycles. The van der Waals surface area contributed by atoms with Crippen molar-refractivity contribution in [2.24, 2.45) is 10.2 Å². The fourth-order valence-corrected chi connectivity index (χ4v) is 1.98. The van der Waals surface area contributed by atoms with Gasteiger partial charge in [-0.3, -0.25) is 0 Å². The maximum absolute atomic E-state index is 5.52. The van der Waals surface area contributed by atoms with E-state index in [1.165, 1.54) is 6.42 Å². The van der Waals surface area contributed by atoms with Crippen molar-refractivity contribution in [2.75, 3.05) is 20.1 Å². The molecule has 2 unspecified atom stereocenters. The van der Waals surface area contributed by atoms with Crippen molar-refractivity contribution in [1.82, 2.24) is 10.3 Å². The van der Waals surface area contributed by atoms with Gasteiger partial charge in [-0.1, -0.05) is 0 Å². The van der Waals surface area contributed by atoms with Crippen molar-refractivity contribution in [3.8, 4) is 0 Å². The summed E-state index contributed by atoms with van der Waals surface area (Å²) in [5, 5.41) is 11.2. The molecule has 1 aromatic rings. The first-order valence-corrected chi connectivity index (χ1v) is 5.76. The lowest BCUT2D eigenvalue weighted by Gasteiger charge is -2.19. The average molecular weight is 222 g/mol. The molecule has 88 valence electrons. The van der Waals surface area contributed by atoms with Crippen LogP contribution in [0.25, 0.3) is 0 Å². The third-order valence-corrected chi connectivity index (χ3v) is 2.90. The number of rotatable bonds is 3. The quantitative estimate of drug-likeness (QED) is 0.798. The smallest absolute Gasteiger partial charge is 0.198 e. The van der Waals surface area contributed by atoms with Gasteiger partial charge in [0.25, 0.3) is 0 Å². The molecule has 0 spiro atoms. The maximum atomic E-state index is 5.52.